The smallest absolute Gasteiger partial charge is 0.340 e. The fourth-order valence-corrected chi connectivity index (χ4v) is 5.08. The number of aryl methyl sites for hydroxylation is 4. The van der Waals surface area contributed by atoms with E-state index in [0.717, 1.165) is 58.9 Å². The number of aliphatic carboxylic acids is 1. The number of carbonyl (C=O) groups is 2. The average molecular weight is 474 g/mol. The lowest BCUT2D eigenvalue weighted by Gasteiger charge is -2.15. The van der Waals surface area contributed by atoms with Crippen molar-refractivity contribution in [1.82, 2.24) is 5.32 Å². The monoisotopic (exact) mass is 473 g/mol. The molecule has 0 radical (unpaired) electrons. The Balaban J connectivity index is 1.48. The summed E-state index contributed by atoms with van der Waals surface area (Å²) in [5, 5.41) is 14.0. The largest absolute Gasteiger partial charge is 0.480 e. The highest BCUT2D eigenvalue weighted by atomic mass is 16.4. The minimum atomic E-state index is -1.13. The predicted octanol–water partition coefficient (Wildman–Crippen LogP) is 4.39. The number of rotatable bonds is 6. The lowest BCUT2D eigenvalue weighted by molar-refractivity contribution is -0.141. The second-order valence-electron chi connectivity index (χ2n) is 9.28. The predicted molar refractivity (Wildman–Crippen MR) is 132 cm³/mol. The van der Waals surface area contributed by atoms with Crippen LogP contribution in [0.5, 0.6) is 0 Å². The van der Waals surface area contributed by atoms with E-state index in [0.29, 0.717) is 11.1 Å². The lowest BCUT2D eigenvalue weighted by Crippen LogP contribution is -2.43. The van der Waals surface area contributed by atoms with E-state index in [1.807, 2.05) is 43.3 Å². The molecule has 2 aromatic heterocycles. The Morgan fingerprint density at radius 2 is 1.71 bits per heavy atom. The molecular weight excluding hydrogens is 446 g/mol. The Morgan fingerprint density at radius 3 is 2.46 bits per heavy atom. The molecule has 1 atom stereocenters. The van der Waals surface area contributed by atoms with E-state index in [1.165, 1.54) is 5.56 Å². The highest BCUT2D eigenvalue weighted by Crippen LogP contribution is 2.37. The molecule has 0 saturated carbocycles. The SMILES string of the molecule is Cc1c(CC(=O)NC(Cc2ccccc2)C(=O)O)c(=O)oc2c(C)c3oc4c(c3cc12)CCCC4. The van der Waals surface area contributed by atoms with Gasteiger partial charge in [-0.2, -0.15) is 0 Å². The number of fused-ring (bicyclic) bond motifs is 4. The number of carboxylic acid groups (broad SMARTS) is 1. The van der Waals surface area contributed by atoms with Crippen molar-refractivity contribution in [2.45, 2.75) is 58.4 Å². The van der Waals surface area contributed by atoms with Crippen LogP contribution in [0.4, 0.5) is 0 Å². The third kappa shape index (κ3) is 4.22. The van der Waals surface area contributed by atoms with Crippen LogP contribution in [-0.2, 0) is 35.3 Å². The normalized spacial score (nSPS) is 14.1. The summed E-state index contributed by atoms with van der Waals surface area (Å²) in [7, 11) is 0. The summed E-state index contributed by atoms with van der Waals surface area (Å²) in [6.45, 7) is 3.69. The minimum absolute atomic E-state index is 0.149. The van der Waals surface area contributed by atoms with Gasteiger partial charge in [-0.1, -0.05) is 30.3 Å². The zero-order valence-corrected chi connectivity index (χ0v) is 19.8. The van der Waals surface area contributed by atoms with E-state index >= 15 is 0 Å². The van der Waals surface area contributed by atoms with Gasteiger partial charge in [0.1, 0.15) is 23.0 Å². The number of furan rings is 1. The molecular formula is C28H27NO6. The van der Waals surface area contributed by atoms with Gasteiger partial charge < -0.3 is 19.3 Å². The summed E-state index contributed by atoms with van der Waals surface area (Å²) in [5.74, 6) is -0.670. The molecule has 1 aliphatic rings. The molecule has 0 fully saturated rings. The van der Waals surface area contributed by atoms with E-state index in [4.69, 9.17) is 8.83 Å². The van der Waals surface area contributed by atoms with E-state index in [1.54, 1.807) is 6.92 Å². The fraction of sp³-hybridized carbons (Fsp3) is 0.321. The number of hydrogen-bond donors (Lipinski definition) is 2. The van der Waals surface area contributed by atoms with Gasteiger partial charge in [-0.05, 0) is 50.3 Å². The van der Waals surface area contributed by atoms with Gasteiger partial charge in [0.2, 0.25) is 5.91 Å². The Bertz CT molecular complexity index is 1510. The van der Waals surface area contributed by atoms with Gasteiger partial charge in [-0.25, -0.2) is 9.59 Å². The first-order valence-electron chi connectivity index (χ1n) is 11.9. The Labute approximate surface area is 201 Å². The molecule has 180 valence electrons. The Hall–Kier alpha value is -3.87. The van der Waals surface area contributed by atoms with Crippen LogP contribution < -0.4 is 10.9 Å². The number of carbonyl (C=O) groups excluding carboxylic acids is 1. The molecule has 1 unspecified atom stereocenters. The maximum absolute atomic E-state index is 12.9. The van der Waals surface area contributed by atoms with Gasteiger partial charge in [0, 0.05) is 34.7 Å². The molecule has 2 aromatic carbocycles. The molecule has 5 rings (SSSR count). The summed E-state index contributed by atoms with van der Waals surface area (Å²) in [6, 6.07) is 9.99. The van der Waals surface area contributed by atoms with E-state index in [9.17, 15) is 19.5 Å². The van der Waals surface area contributed by atoms with Gasteiger partial charge in [0.15, 0.2) is 0 Å². The molecule has 35 heavy (non-hydrogen) atoms. The van der Waals surface area contributed by atoms with E-state index in [-0.39, 0.29) is 18.4 Å². The Morgan fingerprint density at radius 1 is 1.00 bits per heavy atom. The molecule has 0 saturated heterocycles. The summed E-state index contributed by atoms with van der Waals surface area (Å²) in [6.07, 6.45) is 3.96. The van der Waals surface area contributed by atoms with Gasteiger partial charge in [0.25, 0.3) is 0 Å². The first-order valence-corrected chi connectivity index (χ1v) is 11.9. The fourth-order valence-electron chi connectivity index (χ4n) is 5.08. The van der Waals surface area contributed by atoms with E-state index in [2.05, 4.69) is 5.32 Å². The van der Waals surface area contributed by atoms with Crippen molar-refractivity contribution in [1.29, 1.82) is 0 Å². The molecule has 2 N–H and O–H groups in total. The number of amides is 1. The summed E-state index contributed by atoms with van der Waals surface area (Å²) < 4.78 is 11.8. The topological polar surface area (TPSA) is 110 Å². The lowest BCUT2D eigenvalue weighted by atomic mass is 9.93. The number of hydrogen-bond acceptors (Lipinski definition) is 5. The van der Waals surface area contributed by atoms with Gasteiger partial charge in [-0.3, -0.25) is 4.79 Å². The van der Waals surface area contributed by atoms with Gasteiger partial charge >= 0.3 is 11.6 Å². The molecule has 0 aliphatic heterocycles. The minimum Gasteiger partial charge on any atom is -0.480 e. The molecule has 1 amide bonds. The number of carboxylic acids is 1. The Kier molecular flexibility index (Phi) is 5.93. The van der Waals surface area contributed by atoms with Crippen molar-refractivity contribution in [3.05, 3.63) is 80.4 Å². The van der Waals surface area contributed by atoms with Crippen LogP contribution in [0.1, 0.15) is 46.4 Å². The van der Waals surface area contributed by atoms with Crippen LogP contribution in [0, 0.1) is 13.8 Å². The summed E-state index contributed by atoms with van der Waals surface area (Å²) in [5.41, 5.74) is 4.30. The van der Waals surface area contributed by atoms with E-state index < -0.39 is 23.5 Å². The molecule has 4 aromatic rings. The second-order valence-corrected chi connectivity index (χ2v) is 9.28. The summed E-state index contributed by atoms with van der Waals surface area (Å²) in [4.78, 5) is 37.5. The molecule has 0 spiro atoms. The van der Waals surface area contributed by atoms with Crippen molar-refractivity contribution in [2.24, 2.45) is 0 Å². The maximum Gasteiger partial charge on any atom is 0.340 e. The van der Waals surface area contributed by atoms with Crippen LogP contribution in [0.2, 0.25) is 0 Å². The van der Waals surface area contributed by atoms with Gasteiger partial charge in [0.05, 0.1) is 12.0 Å². The van der Waals surface area contributed by atoms with Crippen molar-refractivity contribution < 1.29 is 23.5 Å². The quantitative estimate of drug-likeness (QED) is 0.402. The van der Waals surface area contributed by atoms with Crippen LogP contribution >= 0.6 is 0 Å². The number of nitrogens with one attached hydrogen (secondary N) is 1. The third-order valence-electron chi connectivity index (χ3n) is 6.98. The molecule has 7 nitrogen and oxygen atoms in total. The van der Waals surface area contributed by atoms with Crippen LogP contribution in [0.3, 0.4) is 0 Å². The van der Waals surface area contributed by atoms with Crippen molar-refractivity contribution in [2.75, 3.05) is 0 Å². The summed E-state index contributed by atoms with van der Waals surface area (Å²) >= 11 is 0. The first kappa shape index (κ1) is 22.9. The van der Waals surface area contributed by atoms with Crippen molar-refractivity contribution >= 4 is 33.8 Å². The average Bonchev–Trinajstić information content (AvgIpc) is 3.22. The third-order valence-corrected chi connectivity index (χ3v) is 6.98. The van der Waals surface area contributed by atoms with Crippen LogP contribution in [-0.4, -0.2) is 23.0 Å². The maximum atomic E-state index is 12.9. The molecule has 2 heterocycles. The van der Waals surface area contributed by atoms with Crippen LogP contribution in [0.15, 0.2) is 50.0 Å². The number of benzene rings is 2. The highest BCUT2D eigenvalue weighted by molar-refractivity contribution is 6.00. The van der Waals surface area contributed by atoms with Crippen molar-refractivity contribution in [3.8, 4) is 0 Å². The van der Waals surface area contributed by atoms with Crippen molar-refractivity contribution in [3.63, 3.8) is 0 Å². The van der Waals surface area contributed by atoms with Gasteiger partial charge in [-0.15, -0.1) is 0 Å². The first-order chi connectivity index (χ1) is 16.8. The molecule has 0 bridgehead atoms. The molecule has 1 aliphatic carbocycles. The molecule has 7 heteroatoms. The van der Waals surface area contributed by atoms with Crippen LogP contribution in [0.25, 0.3) is 21.9 Å². The zero-order valence-electron chi connectivity index (χ0n) is 19.8. The second kappa shape index (κ2) is 9.06. The standard InChI is InChI=1S/C28H27NO6/c1-15-19-13-21-18-10-6-7-11-23(18)34-26(21)16(2)25(19)35-28(33)20(15)14-24(30)29-22(27(31)32)12-17-8-4-3-5-9-17/h3-5,8-9,13,22H,6-7,10-12,14H2,1-2H3,(H,29,30)(H,31,32). The zero-order chi connectivity index (χ0) is 24.7. The highest BCUT2D eigenvalue weighted by Gasteiger charge is 2.25.